The Labute approximate surface area is 103 Å². The topological polar surface area (TPSA) is 53.1 Å². The molecule has 0 aromatic carbocycles. The summed E-state index contributed by atoms with van der Waals surface area (Å²) in [6.45, 7) is 11.3. The SMILES string of the molecule is C=Cc1[nH]c(=O)ccc1C(=C)O.CCCCC. The number of pyridine rings is 1. The van der Waals surface area contributed by atoms with Crippen LogP contribution in [0.2, 0.25) is 0 Å². The zero-order chi connectivity index (χ0) is 13.3. The van der Waals surface area contributed by atoms with Gasteiger partial charge in [-0.2, -0.15) is 0 Å². The predicted octanol–water partition coefficient (Wildman–Crippen LogP) is 3.74. The minimum Gasteiger partial charge on any atom is -0.508 e. The molecule has 2 N–H and O–H groups in total. The predicted molar refractivity (Wildman–Crippen MR) is 74.0 cm³/mol. The van der Waals surface area contributed by atoms with Crippen LogP contribution < -0.4 is 5.56 Å². The van der Waals surface area contributed by atoms with Gasteiger partial charge in [-0.3, -0.25) is 4.79 Å². The molecule has 1 aromatic rings. The van der Waals surface area contributed by atoms with E-state index in [1.54, 1.807) is 0 Å². The highest BCUT2D eigenvalue weighted by atomic mass is 16.3. The van der Waals surface area contributed by atoms with Crippen molar-refractivity contribution in [1.82, 2.24) is 4.98 Å². The molecule has 0 amide bonds. The Morgan fingerprint density at radius 1 is 1.41 bits per heavy atom. The molecular weight excluding hydrogens is 214 g/mol. The summed E-state index contributed by atoms with van der Waals surface area (Å²) in [5.74, 6) is -0.0823. The molecule has 94 valence electrons. The average Bonchev–Trinajstić information content (AvgIpc) is 2.30. The number of aromatic amines is 1. The Kier molecular flexibility index (Phi) is 7.52. The summed E-state index contributed by atoms with van der Waals surface area (Å²) in [6, 6.07) is 2.82. The van der Waals surface area contributed by atoms with E-state index < -0.39 is 0 Å². The molecule has 1 aromatic heterocycles. The molecule has 17 heavy (non-hydrogen) atoms. The van der Waals surface area contributed by atoms with Crippen molar-refractivity contribution in [2.24, 2.45) is 0 Å². The summed E-state index contributed by atoms with van der Waals surface area (Å²) in [4.78, 5) is 13.3. The van der Waals surface area contributed by atoms with Crippen molar-refractivity contribution >= 4 is 11.8 Å². The van der Waals surface area contributed by atoms with Gasteiger partial charge in [-0.05, 0) is 12.1 Å². The Hall–Kier alpha value is -1.77. The van der Waals surface area contributed by atoms with Crippen LogP contribution in [0.5, 0.6) is 0 Å². The van der Waals surface area contributed by atoms with Gasteiger partial charge < -0.3 is 10.1 Å². The van der Waals surface area contributed by atoms with Crippen LogP contribution in [0.3, 0.4) is 0 Å². The number of aliphatic hydroxyl groups is 1. The second-order valence-electron chi connectivity index (χ2n) is 3.65. The Morgan fingerprint density at radius 3 is 2.35 bits per heavy atom. The molecule has 0 spiro atoms. The van der Waals surface area contributed by atoms with E-state index in [0.717, 1.165) is 0 Å². The second kappa shape index (κ2) is 8.39. The molecule has 0 atom stereocenters. The van der Waals surface area contributed by atoms with Crippen LogP contribution in [0.4, 0.5) is 0 Å². The van der Waals surface area contributed by atoms with Crippen molar-refractivity contribution in [1.29, 1.82) is 0 Å². The molecule has 3 nitrogen and oxygen atoms in total. The molecule has 3 heteroatoms. The Morgan fingerprint density at radius 2 is 2.00 bits per heavy atom. The van der Waals surface area contributed by atoms with Crippen LogP contribution in [0, 0.1) is 0 Å². The van der Waals surface area contributed by atoms with Gasteiger partial charge in [-0.15, -0.1) is 0 Å². The summed E-state index contributed by atoms with van der Waals surface area (Å²) >= 11 is 0. The molecule has 0 bridgehead atoms. The van der Waals surface area contributed by atoms with E-state index >= 15 is 0 Å². The summed E-state index contributed by atoms with van der Waals surface area (Å²) in [6.07, 6.45) is 5.53. The number of aliphatic hydroxyl groups excluding tert-OH is 1. The normalized spacial score (nSPS) is 9.06. The number of hydrogen-bond acceptors (Lipinski definition) is 2. The minimum absolute atomic E-state index is 0.0823. The molecule has 0 aliphatic carbocycles. The van der Waals surface area contributed by atoms with E-state index in [-0.39, 0.29) is 11.3 Å². The van der Waals surface area contributed by atoms with Gasteiger partial charge in [0.15, 0.2) is 0 Å². The van der Waals surface area contributed by atoms with Crippen LogP contribution in [0.15, 0.2) is 30.1 Å². The maximum atomic E-state index is 10.8. The molecule has 0 unspecified atom stereocenters. The first-order chi connectivity index (χ1) is 8.06. The zero-order valence-electron chi connectivity index (χ0n) is 10.6. The number of unbranched alkanes of at least 4 members (excludes halogenated alkanes) is 2. The number of rotatable bonds is 4. The molecular formula is C14H21NO2. The fourth-order valence-electron chi connectivity index (χ4n) is 1.26. The maximum absolute atomic E-state index is 10.8. The van der Waals surface area contributed by atoms with Gasteiger partial charge in [0.2, 0.25) is 5.56 Å². The van der Waals surface area contributed by atoms with Gasteiger partial charge in [0.25, 0.3) is 0 Å². The van der Waals surface area contributed by atoms with Gasteiger partial charge in [-0.25, -0.2) is 0 Å². The number of H-pyrrole nitrogens is 1. The molecule has 0 saturated heterocycles. The van der Waals surface area contributed by atoms with Crippen LogP contribution in [-0.4, -0.2) is 10.1 Å². The third-order valence-corrected chi connectivity index (χ3v) is 2.17. The van der Waals surface area contributed by atoms with Gasteiger partial charge >= 0.3 is 0 Å². The fourth-order valence-corrected chi connectivity index (χ4v) is 1.26. The van der Waals surface area contributed by atoms with E-state index in [4.69, 9.17) is 5.11 Å². The number of aromatic nitrogens is 1. The van der Waals surface area contributed by atoms with Crippen LogP contribution in [0.1, 0.15) is 44.4 Å². The molecule has 0 aliphatic rings. The maximum Gasteiger partial charge on any atom is 0.248 e. The van der Waals surface area contributed by atoms with E-state index in [1.165, 1.54) is 37.5 Å². The Balaban J connectivity index is 0.000000437. The zero-order valence-corrected chi connectivity index (χ0v) is 10.6. The van der Waals surface area contributed by atoms with Crippen LogP contribution in [0.25, 0.3) is 11.8 Å². The molecule has 1 rings (SSSR count). The highest BCUT2D eigenvalue weighted by Gasteiger charge is 2.01. The van der Waals surface area contributed by atoms with Gasteiger partial charge in [-0.1, -0.05) is 46.3 Å². The molecule has 0 radical (unpaired) electrons. The van der Waals surface area contributed by atoms with Gasteiger partial charge in [0.05, 0.1) is 5.69 Å². The summed E-state index contributed by atoms with van der Waals surface area (Å²) in [5.41, 5.74) is 0.745. The summed E-state index contributed by atoms with van der Waals surface area (Å²) < 4.78 is 0. The first-order valence-corrected chi connectivity index (χ1v) is 5.80. The van der Waals surface area contributed by atoms with E-state index in [2.05, 4.69) is 32.0 Å². The van der Waals surface area contributed by atoms with Gasteiger partial charge in [0.1, 0.15) is 5.76 Å². The lowest BCUT2D eigenvalue weighted by Crippen LogP contribution is -2.06. The third kappa shape index (κ3) is 5.76. The standard InChI is InChI=1S/C9H9NO2.C5H12/c1-3-8-7(6(2)11)4-5-9(12)10-8;1-3-5-4-2/h3-5,11H,1-2H2,(H,10,12);3-5H2,1-2H3. The average molecular weight is 235 g/mol. The molecule has 0 fully saturated rings. The largest absolute Gasteiger partial charge is 0.508 e. The van der Waals surface area contributed by atoms with Crippen LogP contribution in [-0.2, 0) is 0 Å². The van der Waals surface area contributed by atoms with Crippen molar-refractivity contribution in [3.63, 3.8) is 0 Å². The highest BCUT2D eigenvalue weighted by Crippen LogP contribution is 2.11. The quantitative estimate of drug-likeness (QED) is 0.781. The van der Waals surface area contributed by atoms with Gasteiger partial charge in [0, 0.05) is 11.6 Å². The lowest BCUT2D eigenvalue weighted by Gasteiger charge is -2.01. The first-order valence-electron chi connectivity index (χ1n) is 5.80. The monoisotopic (exact) mass is 235 g/mol. The highest BCUT2D eigenvalue weighted by molar-refractivity contribution is 5.65. The van der Waals surface area contributed by atoms with Crippen molar-refractivity contribution in [2.45, 2.75) is 33.1 Å². The molecule has 0 aliphatic heterocycles. The van der Waals surface area contributed by atoms with E-state index in [1.807, 2.05) is 0 Å². The molecule has 0 saturated carbocycles. The second-order valence-corrected chi connectivity index (χ2v) is 3.65. The van der Waals surface area contributed by atoms with Crippen molar-refractivity contribution in [2.75, 3.05) is 0 Å². The Bertz CT molecular complexity index is 416. The third-order valence-electron chi connectivity index (χ3n) is 2.17. The minimum atomic E-state index is -0.227. The first kappa shape index (κ1) is 15.2. The van der Waals surface area contributed by atoms with Crippen molar-refractivity contribution in [3.8, 4) is 0 Å². The lowest BCUT2D eigenvalue weighted by molar-refractivity contribution is 0.513. The summed E-state index contributed by atoms with van der Waals surface area (Å²) in [5, 5.41) is 9.06. The summed E-state index contributed by atoms with van der Waals surface area (Å²) in [7, 11) is 0. The van der Waals surface area contributed by atoms with E-state index in [9.17, 15) is 4.79 Å². The van der Waals surface area contributed by atoms with Crippen LogP contribution >= 0.6 is 0 Å². The number of hydrogen-bond donors (Lipinski definition) is 2. The van der Waals surface area contributed by atoms with E-state index in [0.29, 0.717) is 11.3 Å². The molecule has 1 heterocycles. The smallest absolute Gasteiger partial charge is 0.248 e. The fraction of sp³-hybridized carbons (Fsp3) is 0.357. The van der Waals surface area contributed by atoms with Crippen molar-refractivity contribution in [3.05, 3.63) is 46.9 Å². The number of nitrogens with one attached hydrogen (secondary N) is 1. The van der Waals surface area contributed by atoms with Crippen molar-refractivity contribution < 1.29 is 5.11 Å². The lowest BCUT2D eigenvalue weighted by atomic mass is 10.1.